The van der Waals surface area contributed by atoms with Gasteiger partial charge in [0.15, 0.2) is 0 Å². The van der Waals surface area contributed by atoms with E-state index in [0.717, 1.165) is 28.0 Å². The Hall–Kier alpha value is -2.72. The van der Waals surface area contributed by atoms with E-state index in [1.165, 1.54) is 0 Å². The number of benzene rings is 1. The van der Waals surface area contributed by atoms with Gasteiger partial charge in [0.05, 0.1) is 16.2 Å². The van der Waals surface area contributed by atoms with Crippen LogP contribution in [0.4, 0.5) is 5.69 Å². The number of fused-ring (bicyclic) bond motifs is 1. The second-order valence-electron chi connectivity index (χ2n) is 6.55. The van der Waals surface area contributed by atoms with Crippen LogP contribution in [0.1, 0.15) is 31.7 Å². The van der Waals surface area contributed by atoms with Crippen molar-refractivity contribution in [1.82, 2.24) is 4.90 Å². The van der Waals surface area contributed by atoms with Gasteiger partial charge in [0.1, 0.15) is 16.9 Å². The lowest BCUT2D eigenvalue weighted by atomic mass is 10.1. The van der Waals surface area contributed by atoms with Crippen molar-refractivity contribution >= 4 is 63.3 Å². The lowest BCUT2D eigenvalue weighted by molar-refractivity contribution is -0.145. The summed E-state index contributed by atoms with van der Waals surface area (Å²) in [4.78, 5) is 51.2. The highest BCUT2D eigenvalue weighted by Crippen LogP contribution is 2.45. The third-order valence-electron chi connectivity index (χ3n) is 4.67. The minimum Gasteiger partial charge on any atom is -0.480 e. The summed E-state index contributed by atoms with van der Waals surface area (Å²) in [6, 6.07) is 5.47. The first-order valence-corrected chi connectivity index (χ1v) is 10.2. The zero-order valence-electron chi connectivity index (χ0n) is 15.5. The molecule has 2 aliphatic rings. The van der Waals surface area contributed by atoms with Crippen molar-refractivity contribution < 1.29 is 29.4 Å². The summed E-state index contributed by atoms with van der Waals surface area (Å²) in [6.07, 6.45) is 1.61. The van der Waals surface area contributed by atoms with E-state index >= 15 is 0 Å². The van der Waals surface area contributed by atoms with E-state index in [1.807, 2.05) is 6.92 Å². The fraction of sp³-hybridized carbons (Fsp3) is 0.316. The number of carbonyl (C=O) groups is 4. The minimum absolute atomic E-state index is 0.0306. The lowest BCUT2D eigenvalue weighted by Gasteiger charge is -2.22. The average molecular weight is 434 g/mol. The van der Waals surface area contributed by atoms with Gasteiger partial charge >= 0.3 is 11.9 Å². The molecular weight excluding hydrogens is 416 g/mol. The van der Waals surface area contributed by atoms with Gasteiger partial charge < -0.3 is 10.2 Å². The molecule has 1 aromatic rings. The van der Waals surface area contributed by atoms with E-state index in [2.05, 4.69) is 0 Å². The summed E-state index contributed by atoms with van der Waals surface area (Å²) < 4.78 is 0.0722. The van der Waals surface area contributed by atoms with Crippen molar-refractivity contribution in [3.05, 3.63) is 34.7 Å². The number of carboxylic acids is 2. The van der Waals surface area contributed by atoms with Crippen LogP contribution >= 0.6 is 24.0 Å². The number of rotatable bonds is 7. The number of amides is 2. The van der Waals surface area contributed by atoms with Gasteiger partial charge in [-0.05, 0) is 12.5 Å². The Morgan fingerprint density at radius 1 is 1.17 bits per heavy atom. The quantitative estimate of drug-likeness (QED) is 0.496. The van der Waals surface area contributed by atoms with Gasteiger partial charge in [-0.3, -0.25) is 24.2 Å². The number of anilines is 1. The molecule has 2 amide bonds. The Morgan fingerprint density at radius 3 is 2.48 bits per heavy atom. The van der Waals surface area contributed by atoms with Crippen molar-refractivity contribution in [3.8, 4) is 0 Å². The summed E-state index contributed by atoms with van der Waals surface area (Å²) in [6.45, 7) is 1.37. The molecule has 2 N–H and O–H groups in total. The molecule has 3 rings (SSSR count). The van der Waals surface area contributed by atoms with Gasteiger partial charge in [-0.2, -0.15) is 0 Å². The first-order valence-electron chi connectivity index (χ1n) is 8.93. The number of aliphatic carboxylic acids is 2. The average Bonchev–Trinajstić information content (AvgIpc) is 3.09. The van der Waals surface area contributed by atoms with Crippen LogP contribution in [0.3, 0.4) is 0 Å². The van der Waals surface area contributed by atoms with Gasteiger partial charge in [0.25, 0.3) is 11.8 Å². The summed E-state index contributed by atoms with van der Waals surface area (Å²) in [7, 11) is 0. The molecule has 0 bridgehead atoms. The minimum atomic E-state index is -1.19. The monoisotopic (exact) mass is 434 g/mol. The molecule has 1 fully saturated rings. The maximum absolute atomic E-state index is 13.1. The third kappa shape index (κ3) is 3.77. The molecule has 10 heteroatoms. The second kappa shape index (κ2) is 8.34. The Morgan fingerprint density at radius 2 is 1.86 bits per heavy atom. The number of hydrogen-bond acceptors (Lipinski definition) is 6. The van der Waals surface area contributed by atoms with Gasteiger partial charge in [0, 0.05) is 5.56 Å². The predicted octanol–water partition coefficient (Wildman–Crippen LogP) is 2.33. The number of thiocarbonyl (C=S) groups is 1. The fourth-order valence-corrected chi connectivity index (χ4v) is 4.78. The van der Waals surface area contributed by atoms with Gasteiger partial charge in [-0.1, -0.05) is 61.9 Å². The Balaban J connectivity index is 2.06. The van der Waals surface area contributed by atoms with E-state index in [4.69, 9.17) is 17.3 Å². The molecule has 29 heavy (non-hydrogen) atoms. The van der Waals surface area contributed by atoms with Crippen LogP contribution in [-0.2, 0) is 19.2 Å². The number of nitrogens with zero attached hydrogens (tertiary/aromatic N) is 2. The Labute approximate surface area is 176 Å². The number of unbranched alkanes of at least 4 members (excludes halogenated alkanes) is 1. The molecule has 1 unspecified atom stereocenters. The molecule has 152 valence electrons. The fourth-order valence-electron chi connectivity index (χ4n) is 3.35. The molecule has 1 saturated heterocycles. The van der Waals surface area contributed by atoms with Crippen molar-refractivity contribution in [1.29, 1.82) is 0 Å². The number of hydrogen-bond donors (Lipinski definition) is 2. The van der Waals surface area contributed by atoms with E-state index < -0.39 is 36.3 Å². The summed E-state index contributed by atoms with van der Waals surface area (Å²) in [5, 5.41) is 18.7. The SMILES string of the molecule is CCCCC(C(=O)O)N1C(=O)/C(=C2/C(=O)N(CC(=O)O)c3ccccc32)SC1=S. The number of thioether (sulfide) groups is 1. The summed E-state index contributed by atoms with van der Waals surface area (Å²) in [5.74, 6) is -3.60. The van der Waals surface area contributed by atoms with Crippen LogP contribution in [0, 0.1) is 0 Å². The Kier molecular flexibility index (Phi) is 6.04. The lowest BCUT2D eigenvalue weighted by Crippen LogP contribution is -2.44. The zero-order valence-corrected chi connectivity index (χ0v) is 17.1. The molecule has 0 saturated carbocycles. The van der Waals surface area contributed by atoms with Crippen LogP contribution in [0.15, 0.2) is 29.2 Å². The highest BCUT2D eigenvalue weighted by Gasteiger charge is 2.45. The second-order valence-corrected chi connectivity index (χ2v) is 8.19. The predicted molar refractivity (Wildman–Crippen MR) is 111 cm³/mol. The van der Waals surface area contributed by atoms with Crippen molar-refractivity contribution in [2.24, 2.45) is 0 Å². The van der Waals surface area contributed by atoms with Crippen LogP contribution in [-0.4, -0.2) is 55.8 Å². The van der Waals surface area contributed by atoms with Crippen molar-refractivity contribution in [2.45, 2.75) is 32.2 Å². The topological polar surface area (TPSA) is 115 Å². The van der Waals surface area contributed by atoms with Crippen LogP contribution in [0.5, 0.6) is 0 Å². The third-order valence-corrected chi connectivity index (χ3v) is 6.07. The van der Waals surface area contributed by atoms with E-state index in [1.54, 1.807) is 24.3 Å². The molecule has 0 spiro atoms. The van der Waals surface area contributed by atoms with Crippen LogP contribution < -0.4 is 4.90 Å². The van der Waals surface area contributed by atoms with Crippen LogP contribution in [0.2, 0.25) is 0 Å². The molecular formula is C19H18N2O6S2. The number of para-hydroxylation sites is 1. The maximum atomic E-state index is 13.1. The van der Waals surface area contributed by atoms with E-state index in [9.17, 15) is 24.3 Å². The maximum Gasteiger partial charge on any atom is 0.326 e. The Bertz CT molecular complexity index is 958. The zero-order chi connectivity index (χ0) is 21.3. The van der Waals surface area contributed by atoms with Crippen LogP contribution in [0.25, 0.3) is 5.57 Å². The van der Waals surface area contributed by atoms with Crippen molar-refractivity contribution in [2.75, 3.05) is 11.4 Å². The molecule has 0 radical (unpaired) electrons. The van der Waals surface area contributed by atoms with Gasteiger partial charge in [0.2, 0.25) is 0 Å². The standard InChI is InChI=1S/C19H18N2O6S2/c1-2-3-7-12(18(26)27)21-17(25)15(29-19(21)28)14-10-6-4-5-8-11(10)20(16(14)24)9-13(22)23/h4-6,8,12H,2-3,7,9H2,1H3,(H,22,23)(H,26,27)/b15-14-. The normalized spacial score (nSPS) is 19.7. The smallest absolute Gasteiger partial charge is 0.326 e. The first kappa shape index (κ1) is 21.0. The number of carboxylic acid groups (broad SMARTS) is 2. The van der Waals surface area contributed by atoms with Gasteiger partial charge in [-0.15, -0.1) is 0 Å². The molecule has 2 heterocycles. The molecule has 0 aromatic heterocycles. The van der Waals surface area contributed by atoms with E-state index in [0.29, 0.717) is 17.7 Å². The summed E-state index contributed by atoms with van der Waals surface area (Å²) in [5.41, 5.74) is 0.877. The number of carbonyl (C=O) groups excluding carboxylic acids is 2. The highest BCUT2D eigenvalue weighted by atomic mass is 32.2. The molecule has 8 nitrogen and oxygen atoms in total. The molecule has 1 atom stereocenters. The highest BCUT2D eigenvalue weighted by molar-refractivity contribution is 8.26. The molecule has 2 aliphatic heterocycles. The molecule has 1 aromatic carbocycles. The molecule has 0 aliphatic carbocycles. The van der Waals surface area contributed by atoms with Crippen molar-refractivity contribution in [3.63, 3.8) is 0 Å². The van der Waals surface area contributed by atoms with Gasteiger partial charge in [-0.25, -0.2) is 4.79 Å². The largest absolute Gasteiger partial charge is 0.480 e. The summed E-state index contributed by atoms with van der Waals surface area (Å²) >= 11 is 6.14. The first-order chi connectivity index (χ1) is 13.8. The van der Waals surface area contributed by atoms with E-state index in [-0.39, 0.29) is 21.2 Å².